The number of benzene rings is 4. The molecule has 0 bridgehead atoms. The molecule has 5 rings (SSSR count). The number of hydrogen-bond donors (Lipinski definition) is 2. The first-order valence-electron chi connectivity index (χ1n) is 12.7. The predicted molar refractivity (Wildman–Crippen MR) is 147 cm³/mol. The van der Waals surface area contributed by atoms with Gasteiger partial charge >= 0.3 is 0 Å². The zero-order valence-corrected chi connectivity index (χ0v) is 21.5. The van der Waals surface area contributed by atoms with Crippen molar-refractivity contribution in [1.82, 2.24) is 0 Å². The van der Waals surface area contributed by atoms with Gasteiger partial charge in [0.1, 0.15) is 30.1 Å². The fourth-order valence-electron chi connectivity index (χ4n) is 4.97. The summed E-state index contributed by atoms with van der Waals surface area (Å²) in [5, 5.41) is 19.2. The molecule has 1 aliphatic rings. The number of para-hydroxylation sites is 2. The molecule has 0 saturated heterocycles. The average molecular weight is 510 g/mol. The Morgan fingerprint density at radius 2 is 1.16 bits per heavy atom. The summed E-state index contributed by atoms with van der Waals surface area (Å²) in [6.07, 6.45) is -1.17. The fourth-order valence-corrected chi connectivity index (χ4v) is 4.97. The van der Waals surface area contributed by atoms with Gasteiger partial charge in [0.15, 0.2) is 0 Å². The molecule has 0 aliphatic carbocycles. The van der Waals surface area contributed by atoms with Crippen molar-refractivity contribution in [1.29, 1.82) is 0 Å². The molecule has 2 atom stereocenters. The number of rotatable bonds is 9. The van der Waals surface area contributed by atoms with E-state index in [1.807, 2.05) is 103 Å². The minimum Gasteiger partial charge on any atom is -0.491 e. The molecule has 38 heavy (non-hydrogen) atoms. The number of hydrogen-bond acceptors (Lipinski definition) is 5. The van der Waals surface area contributed by atoms with E-state index in [-0.39, 0.29) is 19.1 Å². The van der Waals surface area contributed by atoms with Crippen molar-refractivity contribution in [3.8, 4) is 11.5 Å². The molecule has 1 aliphatic heterocycles. The zero-order chi connectivity index (χ0) is 26.7. The van der Waals surface area contributed by atoms with Crippen LogP contribution in [0.25, 0.3) is 0 Å². The van der Waals surface area contributed by atoms with Crippen molar-refractivity contribution in [2.45, 2.75) is 31.5 Å². The quantitative estimate of drug-likeness (QED) is 0.324. The number of aliphatic hydroxyl groups is 2. The molecule has 0 spiro atoms. The molecule has 6 heteroatoms. The van der Waals surface area contributed by atoms with Crippen molar-refractivity contribution >= 4 is 17.3 Å². The summed E-state index contributed by atoms with van der Waals surface area (Å²) in [6.45, 7) is 3.71. The Hall–Kier alpha value is -4.13. The van der Waals surface area contributed by atoms with Crippen LogP contribution in [0.5, 0.6) is 11.5 Å². The highest BCUT2D eigenvalue weighted by atomic mass is 16.5. The van der Waals surface area contributed by atoms with Gasteiger partial charge in [0.05, 0.1) is 17.9 Å². The van der Waals surface area contributed by atoms with Crippen molar-refractivity contribution in [2.24, 2.45) is 0 Å². The Kier molecular flexibility index (Phi) is 7.18. The van der Waals surface area contributed by atoms with Gasteiger partial charge < -0.3 is 19.7 Å². The number of amides is 1. The van der Waals surface area contributed by atoms with E-state index in [4.69, 9.17) is 9.47 Å². The van der Waals surface area contributed by atoms with Gasteiger partial charge in [-0.05, 0) is 67.4 Å². The number of fused-ring (bicyclic) bond motifs is 1. The number of carbonyl (C=O) groups excluding carboxylic acids is 1. The van der Waals surface area contributed by atoms with Crippen LogP contribution in [0.2, 0.25) is 0 Å². The second kappa shape index (κ2) is 10.7. The van der Waals surface area contributed by atoms with Gasteiger partial charge in [0.2, 0.25) is 0 Å². The SMILES string of the molecule is CC(O)COc1ccc(C2(c3ccc(OCC(C)O)cc3)C(=O)N(c3ccccc3)c3ccccc32)cc1. The largest absolute Gasteiger partial charge is 0.491 e. The minimum atomic E-state index is -1.11. The van der Waals surface area contributed by atoms with Gasteiger partial charge in [-0.15, -0.1) is 0 Å². The summed E-state index contributed by atoms with van der Waals surface area (Å²) < 4.78 is 11.4. The highest BCUT2D eigenvalue weighted by Gasteiger charge is 2.53. The highest BCUT2D eigenvalue weighted by molar-refractivity contribution is 6.17. The molecule has 2 N–H and O–H groups in total. The maximum atomic E-state index is 14.7. The molecular weight excluding hydrogens is 478 g/mol. The zero-order valence-electron chi connectivity index (χ0n) is 21.5. The molecule has 4 aromatic carbocycles. The molecule has 0 radical (unpaired) electrons. The molecule has 0 saturated carbocycles. The first-order valence-corrected chi connectivity index (χ1v) is 12.7. The summed E-state index contributed by atoms with van der Waals surface area (Å²) in [6, 6.07) is 32.5. The standard InChI is InChI=1S/C32H31NO5/c1-22(34)20-37-27-16-12-24(13-17-27)32(25-14-18-28(19-15-25)38-21-23(2)35)29-10-6-7-11-30(29)33(31(32)36)26-8-4-3-5-9-26/h3-19,22-23,34-35H,20-21H2,1-2H3. The van der Waals surface area contributed by atoms with Crippen molar-refractivity contribution in [3.05, 3.63) is 120 Å². The summed E-state index contributed by atoms with van der Waals surface area (Å²) in [7, 11) is 0. The third kappa shape index (κ3) is 4.64. The highest BCUT2D eigenvalue weighted by Crippen LogP contribution is 2.52. The Morgan fingerprint density at radius 1 is 0.684 bits per heavy atom. The normalized spacial score (nSPS) is 18.1. The van der Waals surface area contributed by atoms with Crippen LogP contribution in [0.1, 0.15) is 30.5 Å². The second-order valence-corrected chi connectivity index (χ2v) is 9.61. The maximum absolute atomic E-state index is 14.7. The van der Waals surface area contributed by atoms with Crippen LogP contribution in [0, 0.1) is 0 Å². The van der Waals surface area contributed by atoms with Crippen LogP contribution in [0.4, 0.5) is 11.4 Å². The Morgan fingerprint density at radius 3 is 1.66 bits per heavy atom. The van der Waals surface area contributed by atoms with E-state index >= 15 is 0 Å². The Balaban J connectivity index is 1.66. The van der Waals surface area contributed by atoms with Crippen molar-refractivity contribution in [2.75, 3.05) is 18.1 Å². The van der Waals surface area contributed by atoms with Gasteiger partial charge in [-0.3, -0.25) is 9.69 Å². The molecule has 0 fully saturated rings. The second-order valence-electron chi connectivity index (χ2n) is 9.61. The first-order chi connectivity index (χ1) is 18.4. The molecular formula is C32H31NO5. The molecule has 1 amide bonds. The number of ether oxygens (including phenoxy) is 2. The number of nitrogens with zero attached hydrogens (tertiary/aromatic N) is 1. The van der Waals surface area contributed by atoms with E-state index in [9.17, 15) is 15.0 Å². The lowest BCUT2D eigenvalue weighted by Gasteiger charge is -2.30. The number of carbonyl (C=O) groups is 1. The summed E-state index contributed by atoms with van der Waals surface area (Å²) in [5.41, 5.74) is 2.99. The van der Waals surface area contributed by atoms with Crippen LogP contribution in [-0.2, 0) is 10.2 Å². The molecule has 6 nitrogen and oxygen atoms in total. The summed E-state index contributed by atoms with van der Waals surface area (Å²) in [5.74, 6) is 1.15. The van der Waals surface area contributed by atoms with E-state index in [1.54, 1.807) is 18.7 Å². The average Bonchev–Trinajstić information content (AvgIpc) is 3.20. The van der Waals surface area contributed by atoms with Gasteiger partial charge in [-0.1, -0.05) is 60.7 Å². The van der Waals surface area contributed by atoms with Crippen LogP contribution in [-0.4, -0.2) is 41.5 Å². The smallest absolute Gasteiger partial charge is 0.251 e. The topological polar surface area (TPSA) is 79.2 Å². The Labute approximate surface area is 222 Å². The van der Waals surface area contributed by atoms with E-state index in [1.165, 1.54) is 0 Å². The first kappa shape index (κ1) is 25.5. The van der Waals surface area contributed by atoms with Crippen LogP contribution in [0.15, 0.2) is 103 Å². The van der Waals surface area contributed by atoms with Crippen LogP contribution in [0.3, 0.4) is 0 Å². The maximum Gasteiger partial charge on any atom is 0.251 e. The molecule has 2 unspecified atom stereocenters. The number of anilines is 2. The third-order valence-corrected chi connectivity index (χ3v) is 6.64. The molecule has 1 heterocycles. The van der Waals surface area contributed by atoms with Crippen molar-refractivity contribution < 1.29 is 24.5 Å². The van der Waals surface area contributed by atoms with Crippen molar-refractivity contribution in [3.63, 3.8) is 0 Å². The van der Waals surface area contributed by atoms with Gasteiger partial charge in [-0.2, -0.15) is 0 Å². The molecule has 194 valence electrons. The lowest BCUT2D eigenvalue weighted by molar-refractivity contribution is -0.120. The van der Waals surface area contributed by atoms with Gasteiger partial charge in [-0.25, -0.2) is 0 Å². The monoisotopic (exact) mass is 509 g/mol. The lowest BCUT2D eigenvalue weighted by Crippen LogP contribution is -2.40. The van der Waals surface area contributed by atoms with Gasteiger partial charge in [0, 0.05) is 11.3 Å². The third-order valence-electron chi connectivity index (χ3n) is 6.64. The van der Waals surface area contributed by atoms with Gasteiger partial charge in [0.25, 0.3) is 5.91 Å². The van der Waals surface area contributed by atoms with Crippen LogP contribution < -0.4 is 14.4 Å². The van der Waals surface area contributed by atoms with E-state index in [2.05, 4.69) is 0 Å². The van der Waals surface area contributed by atoms with E-state index in [0.29, 0.717) is 11.5 Å². The summed E-state index contributed by atoms with van der Waals surface area (Å²) >= 11 is 0. The molecule has 0 aromatic heterocycles. The minimum absolute atomic E-state index is 0.0832. The predicted octanol–water partition coefficient (Wildman–Crippen LogP) is 5.22. The van der Waals surface area contributed by atoms with E-state index < -0.39 is 17.6 Å². The van der Waals surface area contributed by atoms with E-state index in [0.717, 1.165) is 28.1 Å². The molecule has 4 aromatic rings. The Bertz CT molecular complexity index is 1330. The fraction of sp³-hybridized carbons (Fsp3) is 0.219. The number of aliphatic hydroxyl groups excluding tert-OH is 2. The summed E-state index contributed by atoms with van der Waals surface area (Å²) in [4.78, 5) is 16.5. The lowest BCUT2D eigenvalue weighted by atomic mass is 9.70. The van der Waals surface area contributed by atoms with Crippen LogP contribution >= 0.6 is 0 Å².